The van der Waals surface area contributed by atoms with Crippen LogP contribution < -0.4 is 11.0 Å². The Kier molecular flexibility index (Phi) is 5.08. The number of hydrogen-bond donors (Lipinski definition) is 2. The van der Waals surface area contributed by atoms with Crippen molar-refractivity contribution in [2.75, 3.05) is 11.9 Å². The van der Waals surface area contributed by atoms with Crippen molar-refractivity contribution < 1.29 is 14.3 Å². The Morgan fingerprint density at radius 3 is 2.55 bits per heavy atom. The van der Waals surface area contributed by atoms with Crippen molar-refractivity contribution in [2.24, 2.45) is 0 Å². The first-order valence-electron chi connectivity index (χ1n) is 6.91. The quantitative estimate of drug-likeness (QED) is 0.369. The predicted molar refractivity (Wildman–Crippen MR) is 89.4 cm³/mol. The van der Waals surface area contributed by atoms with Crippen LogP contribution in [0, 0.1) is 10.1 Å². The molecule has 0 unspecified atom stereocenters. The number of benzene rings is 2. The van der Waals surface area contributed by atoms with Crippen molar-refractivity contribution in [3.05, 3.63) is 64.2 Å². The topological polar surface area (TPSA) is 98.6 Å². The Bertz CT molecular complexity index is 666. The molecule has 7 heteroatoms. The molecule has 2 rings (SSSR count). The summed E-state index contributed by atoms with van der Waals surface area (Å²) in [4.78, 5) is 21.5. The number of nitrogens with two attached hydrogens (primary N) is 1. The van der Waals surface area contributed by atoms with E-state index in [1.54, 1.807) is 6.92 Å². The van der Waals surface area contributed by atoms with Gasteiger partial charge in [0, 0.05) is 0 Å². The van der Waals surface area contributed by atoms with Crippen LogP contribution in [0.25, 0.3) is 0 Å². The Morgan fingerprint density at radius 2 is 1.95 bits per heavy atom. The van der Waals surface area contributed by atoms with Crippen LogP contribution in [0.1, 0.15) is 12.5 Å². The molecular weight excluding hydrogens is 303 g/mol. The Labute approximate surface area is 129 Å². The number of nitrogens with zero attached hydrogens (tertiary/aromatic N) is 1. The van der Waals surface area contributed by atoms with Gasteiger partial charge in [-0.05, 0) is 0 Å². The standard InChI is InChI=1S/C15H19N2O4P/c1-2-22(20,21-11-12-6-4-3-5-7-12)15-10-13(16)8-9-14(15)17(18)19/h3-10,20,22H,2,11,16H2,1H3. The van der Waals surface area contributed by atoms with Gasteiger partial charge in [0.15, 0.2) is 0 Å². The number of nitro groups is 1. The molecule has 0 amide bonds. The molecule has 0 aliphatic rings. The molecule has 6 nitrogen and oxygen atoms in total. The molecule has 0 aromatic heterocycles. The molecule has 0 heterocycles. The zero-order valence-corrected chi connectivity index (χ0v) is 13.2. The van der Waals surface area contributed by atoms with Crippen LogP contribution in [0.5, 0.6) is 0 Å². The van der Waals surface area contributed by atoms with E-state index in [1.165, 1.54) is 18.2 Å². The zero-order valence-electron chi connectivity index (χ0n) is 12.2. The molecule has 2 aromatic carbocycles. The van der Waals surface area contributed by atoms with Gasteiger partial charge in [0.2, 0.25) is 0 Å². The van der Waals surface area contributed by atoms with Gasteiger partial charge in [-0.25, -0.2) is 0 Å². The summed E-state index contributed by atoms with van der Waals surface area (Å²) in [7, 11) is -3.44. The van der Waals surface area contributed by atoms with Crippen LogP contribution in [0.4, 0.5) is 11.4 Å². The van der Waals surface area contributed by atoms with Crippen molar-refractivity contribution in [1.29, 1.82) is 0 Å². The van der Waals surface area contributed by atoms with E-state index in [2.05, 4.69) is 0 Å². The van der Waals surface area contributed by atoms with Gasteiger partial charge < -0.3 is 0 Å². The average Bonchev–Trinajstić information content (AvgIpc) is 2.53. The summed E-state index contributed by atoms with van der Waals surface area (Å²) >= 11 is 0. The Balaban J connectivity index is 2.33. The van der Waals surface area contributed by atoms with Crippen LogP contribution in [0.3, 0.4) is 0 Å². The fourth-order valence-electron chi connectivity index (χ4n) is 2.17. The minimum absolute atomic E-state index is 0.154. The maximum atomic E-state index is 11.2. The van der Waals surface area contributed by atoms with Gasteiger partial charge in [-0.3, -0.25) is 0 Å². The maximum absolute atomic E-state index is 11.2. The molecule has 22 heavy (non-hydrogen) atoms. The second-order valence-corrected chi connectivity index (χ2v) is 8.05. The average molecular weight is 322 g/mol. The van der Waals surface area contributed by atoms with E-state index in [0.29, 0.717) is 11.8 Å². The predicted octanol–water partition coefficient (Wildman–Crippen LogP) is 2.61. The van der Waals surface area contributed by atoms with E-state index in [1.807, 2.05) is 30.3 Å². The van der Waals surface area contributed by atoms with Crippen LogP contribution >= 0.6 is 7.72 Å². The summed E-state index contributed by atoms with van der Waals surface area (Å²) < 4.78 is 5.73. The fourth-order valence-corrected chi connectivity index (χ4v) is 4.29. The number of hydrogen-bond acceptors (Lipinski definition) is 5. The molecule has 0 aliphatic heterocycles. The normalized spacial score (nSPS) is 12.1. The summed E-state index contributed by atoms with van der Waals surface area (Å²) in [5.41, 5.74) is 6.83. The van der Waals surface area contributed by atoms with Crippen LogP contribution in [-0.4, -0.2) is 16.0 Å². The van der Waals surface area contributed by atoms with Crippen molar-refractivity contribution in [2.45, 2.75) is 13.5 Å². The first-order chi connectivity index (χ1) is 10.5. The van der Waals surface area contributed by atoms with Crippen molar-refractivity contribution in [1.82, 2.24) is 0 Å². The summed E-state index contributed by atoms with van der Waals surface area (Å²) in [6.45, 7) is 1.95. The first-order valence-corrected chi connectivity index (χ1v) is 8.97. The van der Waals surface area contributed by atoms with E-state index in [0.717, 1.165) is 5.56 Å². The first kappa shape index (κ1) is 16.4. The monoisotopic (exact) mass is 322 g/mol. The number of nitro benzene ring substituents is 1. The van der Waals surface area contributed by atoms with Gasteiger partial charge in [-0.15, -0.1) is 0 Å². The van der Waals surface area contributed by atoms with Gasteiger partial charge in [-0.1, -0.05) is 0 Å². The van der Waals surface area contributed by atoms with E-state index < -0.39 is 12.6 Å². The van der Waals surface area contributed by atoms with Crippen LogP contribution in [-0.2, 0) is 11.1 Å². The third kappa shape index (κ3) is 3.60. The fraction of sp³-hybridized carbons (Fsp3) is 0.200. The Morgan fingerprint density at radius 1 is 1.27 bits per heavy atom. The number of nitrogen functional groups attached to an aromatic ring is 1. The van der Waals surface area contributed by atoms with Crippen molar-refractivity contribution in [3.8, 4) is 0 Å². The molecule has 0 saturated carbocycles. The van der Waals surface area contributed by atoms with Gasteiger partial charge in [0.25, 0.3) is 0 Å². The third-order valence-electron chi connectivity index (χ3n) is 3.44. The van der Waals surface area contributed by atoms with Gasteiger partial charge in [0.1, 0.15) is 0 Å². The van der Waals surface area contributed by atoms with Crippen molar-refractivity contribution in [3.63, 3.8) is 0 Å². The summed E-state index contributed by atoms with van der Waals surface area (Å²) in [6.07, 6.45) is 0.296. The second-order valence-electron chi connectivity index (χ2n) is 4.95. The second kappa shape index (κ2) is 6.83. The van der Waals surface area contributed by atoms with Crippen LogP contribution in [0.2, 0.25) is 0 Å². The summed E-state index contributed by atoms with van der Waals surface area (Å²) in [5, 5.41) is 11.4. The van der Waals surface area contributed by atoms with E-state index in [-0.39, 0.29) is 17.6 Å². The van der Waals surface area contributed by atoms with Gasteiger partial charge in [0.05, 0.1) is 0 Å². The third-order valence-corrected chi connectivity index (χ3v) is 6.26. The SMILES string of the molecule is CC[PH](O)(OCc1ccccc1)c1cc(N)ccc1[N+](=O)[O-]. The molecule has 0 aliphatic carbocycles. The summed E-state index contributed by atoms with van der Waals surface area (Å²) in [5.74, 6) is 0. The zero-order chi connectivity index (χ0) is 16.2. The molecule has 0 fully saturated rings. The summed E-state index contributed by atoms with van der Waals surface area (Å²) in [6, 6.07) is 13.6. The van der Waals surface area contributed by atoms with E-state index >= 15 is 0 Å². The molecule has 118 valence electrons. The molecular formula is C15H19N2O4P. The minimum atomic E-state index is -3.44. The van der Waals surface area contributed by atoms with Gasteiger partial charge >= 0.3 is 128 Å². The van der Waals surface area contributed by atoms with Crippen LogP contribution in [0.15, 0.2) is 48.5 Å². The molecule has 3 N–H and O–H groups in total. The Hall–Kier alpha value is -2.01. The number of rotatable bonds is 6. The van der Waals surface area contributed by atoms with E-state index in [9.17, 15) is 15.0 Å². The van der Waals surface area contributed by atoms with Gasteiger partial charge in [-0.2, -0.15) is 0 Å². The molecule has 0 atom stereocenters. The molecule has 0 saturated heterocycles. The van der Waals surface area contributed by atoms with E-state index in [4.69, 9.17) is 10.3 Å². The molecule has 0 bridgehead atoms. The van der Waals surface area contributed by atoms with Crippen molar-refractivity contribution >= 4 is 24.4 Å². The molecule has 0 radical (unpaired) electrons. The number of anilines is 1. The molecule has 2 aromatic rings. The molecule has 0 spiro atoms.